The number of amides is 1. The van der Waals surface area contributed by atoms with E-state index < -0.39 is 5.91 Å². The fourth-order valence-corrected chi connectivity index (χ4v) is 1.76. The van der Waals surface area contributed by atoms with Gasteiger partial charge in [0.25, 0.3) is 0 Å². The number of carbonyl (C=O) groups is 1. The molecule has 0 bridgehead atoms. The van der Waals surface area contributed by atoms with Gasteiger partial charge in [0.1, 0.15) is 0 Å². The Labute approximate surface area is 99.2 Å². The lowest BCUT2D eigenvalue weighted by Gasteiger charge is -2.04. The lowest BCUT2D eigenvalue weighted by atomic mass is 10.0. The predicted octanol–water partition coefficient (Wildman–Crippen LogP) is 1.70. The van der Waals surface area contributed by atoms with Crippen molar-refractivity contribution in [1.29, 1.82) is 0 Å². The van der Waals surface area contributed by atoms with E-state index in [1.165, 1.54) is 0 Å². The molecule has 0 unspecified atom stereocenters. The van der Waals surface area contributed by atoms with Gasteiger partial charge in [0.05, 0.1) is 6.61 Å². The molecular weight excluding hydrogens is 214 g/mol. The van der Waals surface area contributed by atoms with Gasteiger partial charge in [-0.05, 0) is 22.4 Å². The summed E-state index contributed by atoms with van der Waals surface area (Å²) in [6.45, 7) is -0.349. The average Bonchev–Trinajstić information content (AvgIpc) is 2.35. The van der Waals surface area contributed by atoms with E-state index in [9.17, 15) is 4.79 Å². The minimum absolute atomic E-state index is 0.210. The van der Waals surface area contributed by atoms with Gasteiger partial charge in [-0.3, -0.25) is 4.79 Å². The number of fused-ring (bicyclic) bond motifs is 1. The van der Waals surface area contributed by atoms with Crippen LogP contribution in [-0.4, -0.2) is 17.6 Å². The molecule has 0 aliphatic heterocycles. The van der Waals surface area contributed by atoms with Gasteiger partial charge in [-0.15, -0.1) is 0 Å². The highest BCUT2D eigenvalue weighted by atomic mass is 16.3. The largest absolute Gasteiger partial charge is 0.391 e. The van der Waals surface area contributed by atoms with Crippen molar-refractivity contribution in [2.45, 2.75) is 0 Å². The maximum absolute atomic E-state index is 11.1. The second-order valence-electron chi connectivity index (χ2n) is 3.76. The number of hydrogen-bond donors (Lipinski definition) is 2. The van der Waals surface area contributed by atoms with E-state index in [0.29, 0.717) is 0 Å². The van der Waals surface area contributed by atoms with Gasteiger partial charge in [0, 0.05) is 5.57 Å². The number of rotatable bonds is 3. The first-order chi connectivity index (χ1) is 8.22. The van der Waals surface area contributed by atoms with Crippen molar-refractivity contribution < 1.29 is 9.90 Å². The highest BCUT2D eigenvalue weighted by Crippen LogP contribution is 2.20. The van der Waals surface area contributed by atoms with Gasteiger partial charge in [-0.1, -0.05) is 42.5 Å². The average molecular weight is 227 g/mol. The summed E-state index contributed by atoms with van der Waals surface area (Å²) in [7, 11) is 0. The van der Waals surface area contributed by atoms with Crippen LogP contribution in [0, 0.1) is 0 Å². The summed E-state index contributed by atoms with van der Waals surface area (Å²) in [4.78, 5) is 11.1. The second-order valence-corrected chi connectivity index (χ2v) is 3.76. The van der Waals surface area contributed by atoms with Crippen molar-refractivity contribution >= 4 is 22.8 Å². The Bertz CT molecular complexity index is 582. The Balaban J connectivity index is 2.59. The SMILES string of the molecule is NC(=O)C(=Cc1cccc2ccccc12)CO. The zero-order valence-electron chi connectivity index (χ0n) is 9.26. The molecule has 0 heterocycles. The zero-order chi connectivity index (χ0) is 12.3. The lowest BCUT2D eigenvalue weighted by molar-refractivity contribution is -0.114. The van der Waals surface area contributed by atoms with Crippen LogP contribution in [0.1, 0.15) is 5.56 Å². The molecule has 0 saturated carbocycles. The van der Waals surface area contributed by atoms with Crippen molar-refractivity contribution in [3.63, 3.8) is 0 Å². The molecule has 0 atom stereocenters. The summed E-state index contributed by atoms with van der Waals surface area (Å²) < 4.78 is 0. The molecule has 1 amide bonds. The third-order valence-electron chi connectivity index (χ3n) is 2.64. The van der Waals surface area contributed by atoms with E-state index in [1.807, 2.05) is 42.5 Å². The monoisotopic (exact) mass is 227 g/mol. The number of aliphatic hydroxyl groups excluding tert-OH is 1. The van der Waals surface area contributed by atoms with Crippen LogP contribution in [0.15, 0.2) is 48.0 Å². The molecular formula is C14H13NO2. The highest BCUT2D eigenvalue weighted by Gasteiger charge is 2.04. The molecule has 86 valence electrons. The molecule has 2 aromatic rings. The van der Waals surface area contributed by atoms with E-state index in [2.05, 4.69) is 0 Å². The molecule has 2 rings (SSSR count). The van der Waals surface area contributed by atoms with Crippen molar-refractivity contribution in [1.82, 2.24) is 0 Å². The molecule has 0 saturated heterocycles. The van der Waals surface area contributed by atoms with E-state index >= 15 is 0 Å². The first-order valence-corrected chi connectivity index (χ1v) is 5.31. The Morgan fingerprint density at radius 3 is 2.59 bits per heavy atom. The van der Waals surface area contributed by atoms with Gasteiger partial charge >= 0.3 is 0 Å². The van der Waals surface area contributed by atoms with Gasteiger partial charge in [0.15, 0.2) is 0 Å². The lowest BCUT2D eigenvalue weighted by Crippen LogP contribution is -2.16. The molecule has 3 nitrogen and oxygen atoms in total. The van der Waals surface area contributed by atoms with E-state index in [4.69, 9.17) is 10.8 Å². The molecule has 2 aromatic carbocycles. The Morgan fingerprint density at radius 2 is 1.88 bits per heavy atom. The molecule has 0 spiro atoms. The number of benzene rings is 2. The highest BCUT2D eigenvalue weighted by molar-refractivity contribution is 6.00. The molecule has 3 N–H and O–H groups in total. The molecule has 3 heteroatoms. The Kier molecular flexibility index (Phi) is 3.21. The van der Waals surface area contributed by atoms with Crippen LogP contribution < -0.4 is 5.73 Å². The van der Waals surface area contributed by atoms with Crippen LogP contribution in [0.3, 0.4) is 0 Å². The standard InChI is InChI=1S/C14H13NO2/c15-14(17)12(9-16)8-11-6-3-5-10-4-1-2-7-13(10)11/h1-8,16H,9H2,(H2,15,17). The van der Waals surface area contributed by atoms with Gasteiger partial charge in [-0.2, -0.15) is 0 Å². The van der Waals surface area contributed by atoms with Crippen molar-refractivity contribution in [2.24, 2.45) is 5.73 Å². The minimum atomic E-state index is -0.597. The van der Waals surface area contributed by atoms with Gasteiger partial charge in [0.2, 0.25) is 5.91 Å². The minimum Gasteiger partial charge on any atom is -0.391 e. The van der Waals surface area contributed by atoms with E-state index in [-0.39, 0.29) is 12.2 Å². The molecule has 17 heavy (non-hydrogen) atoms. The fraction of sp³-hybridized carbons (Fsp3) is 0.0714. The van der Waals surface area contributed by atoms with Crippen LogP contribution in [0.4, 0.5) is 0 Å². The van der Waals surface area contributed by atoms with Crippen LogP contribution >= 0.6 is 0 Å². The third kappa shape index (κ3) is 2.34. The van der Waals surface area contributed by atoms with E-state index in [0.717, 1.165) is 16.3 Å². The normalized spacial score (nSPS) is 11.7. The van der Waals surface area contributed by atoms with Crippen LogP contribution in [-0.2, 0) is 4.79 Å². The molecule has 0 fully saturated rings. The first-order valence-electron chi connectivity index (χ1n) is 5.31. The summed E-state index contributed by atoms with van der Waals surface area (Å²) in [6, 6.07) is 13.6. The summed E-state index contributed by atoms with van der Waals surface area (Å²) in [5, 5.41) is 11.2. The summed E-state index contributed by atoms with van der Waals surface area (Å²) in [5.74, 6) is -0.597. The van der Waals surface area contributed by atoms with Gasteiger partial charge < -0.3 is 10.8 Å². The molecule has 0 aliphatic rings. The summed E-state index contributed by atoms with van der Waals surface area (Å²) in [6.07, 6.45) is 1.63. The van der Waals surface area contributed by atoms with Crippen molar-refractivity contribution in [3.05, 3.63) is 53.6 Å². The summed E-state index contributed by atoms with van der Waals surface area (Å²) >= 11 is 0. The van der Waals surface area contributed by atoms with Crippen LogP contribution in [0.25, 0.3) is 16.8 Å². The van der Waals surface area contributed by atoms with Crippen molar-refractivity contribution in [2.75, 3.05) is 6.61 Å². The fourth-order valence-electron chi connectivity index (χ4n) is 1.76. The molecule has 0 radical (unpaired) electrons. The number of carbonyl (C=O) groups excluding carboxylic acids is 1. The smallest absolute Gasteiger partial charge is 0.246 e. The maximum atomic E-state index is 11.1. The number of primary amides is 1. The third-order valence-corrected chi connectivity index (χ3v) is 2.64. The zero-order valence-corrected chi connectivity index (χ0v) is 9.26. The van der Waals surface area contributed by atoms with Crippen LogP contribution in [0.5, 0.6) is 0 Å². The number of nitrogens with two attached hydrogens (primary N) is 1. The quantitative estimate of drug-likeness (QED) is 0.784. The molecule has 0 aliphatic carbocycles. The van der Waals surface area contributed by atoms with E-state index in [1.54, 1.807) is 6.08 Å². The predicted molar refractivity (Wildman–Crippen MR) is 68.2 cm³/mol. The Hall–Kier alpha value is -2.13. The number of aliphatic hydroxyl groups is 1. The maximum Gasteiger partial charge on any atom is 0.246 e. The van der Waals surface area contributed by atoms with Crippen molar-refractivity contribution in [3.8, 4) is 0 Å². The molecule has 0 aromatic heterocycles. The topological polar surface area (TPSA) is 63.3 Å². The Morgan fingerprint density at radius 1 is 1.18 bits per heavy atom. The number of hydrogen-bond acceptors (Lipinski definition) is 2. The second kappa shape index (κ2) is 4.80. The first kappa shape index (κ1) is 11.4. The summed E-state index contributed by atoms with van der Waals surface area (Å²) in [5.41, 5.74) is 6.26. The van der Waals surface area contributed by atoms with Crippen LogP contribution in [0.2, 0.25) is 0 Å². The van der Waals surface area contributed by atoms with Gasteiger partial charge in [-0.25, -0.2) is 0 Å².